The van der Waals surface area contributed by atoms with Gasteiger partial charge in [-0.05, 0) is 49.9 Å². The lowest BCUT2D eigenvalue weighted by molar-refractivity contribution is -0.132. The van der Waals surface area contributed by atoms with Crippen molar-refractivity contribution in [3.8, 4) is 5.69 Å². The number of piperidine rings is 1. The maximum absolute atomic E-state index is 13.0. The Morgan fingerprint density at radius 3 is 2.52 bits per heavy atom. The smallest absolute Gasteiger partial charge is 0.223 e. The Morgan fingerprint density at radius 2 is 1.76 bits per heavy atom. The Morgan fingerprint density at radius 1 is 1.07 bits per heavy atom. The van der Waals surface area contributed by atoms with E-state index >= 15 is 0 Å². The summed E-state index contributed by atoms with van der Waals surface area (Å²) in [6.45, 7) is 0. The Kier molecular flexibility index (Phi) is 4.84. The second-order valence-corrected chi connectivity index (χ2v) is 8.46. The van der Waals surface area contributed by atoms with Crippen molar-refractivity contribution in [2.24, 2.45) is 0 Å². The van der Waals surface area contributed by atoms with E-state index in [1.54, 1.807) is 0 Å². The fourth-order valence-corrected chi connectivity index (χ4v) is 5.05. The van der Waals surface area contributed by atoms with Gasteiger partial charge in [-0.2, -0.15) is 0 Å². The number of fused-ring (bicyclic) bond motifs is 3. The summed E-state index contributed by atoms with van der Waals surface area (Å²) < 4.78 is 2.19. The molecule has 0 spiro atoms. The number of aryl methyl sites for hydroxylation is 1. The second kappa shape index (κ2) is 7.64. The minimum Gasteiger partial charge on any atom is -0.343 e. The molecule has 1 amide bonds. The predicted molar refractivity (Wildman–Crippen MR) is 115 cm³/mol. The van der Waals surface area contributed by atoms with Crippen LogP contribution in [0.1, 0.15) is 37.9 Å². The highest BCUT2D eigenvalue weighted by Gasteiger charge is 2.36. The second-order valence-electron chi connectivity index (χ2n) is 8.46. The van der Waals surface area contributed by atoms with Gasteiger partial charge in [-0.25, -0.2) is 4.98 Å². The Hall–Kier alpha value is -2.66. The van der Waals surface area contributed by atoms with Crippen LogP contribution in [0.5, 0.6) is 0 Å². The molecule has 2 aromatic carbocycles. The molecule has 2 atom stereocenters. The number of amides is 1. The largest absolute Gasteiger partial charge is 0.343 e. The summed E-state index contributed by atoms with van der Waals surface area (Å²) >= 11 is 0. The molecule has 0 saturated carbocycles. The van der Waals surface area contributed by atoms with Crippen LogP contribution in [0.3, 0.4) is 0 Å². The summed E-state index contributed by atoms with van der Waals surface area (Å²) in [4.78, 5) is 19.8. The normalized spacial score (nSPS) is 23.4. The van der Waals surface area contributed by atoms with E-state index in [1.165, 1.54) is 12.8 Å². The number of imidazole rings is 1. The lowest BCUT2D eigenvalue weighted by atomic mass is 9.98. The minimum absolute atomic E-state index is 0.225. The molecule has 3 heterocycles. The molecule has 0 aliphatic carbocycles. The number of benzene rings is 2. The number of rotatable bonds is 5. The number of para-hydroxylation sites is 3. The van der Waals surface area contributed by atoms with E-state index in [0.717, 1.165) is 35.4 Å². The molecule has 3 aromatic rings. The van der Waals surface area contributed by atoms with Gasteiger partial charge in [0.15, 0.2) is 0 Å². The van der Waals surface area contributed by atoms with Gasteiger partial charge in [-0.3, -0.25) is 9.36 Å². The standard InChI is InChI=1S/C24H28N4O/c1-27(20-15-17-11-12-18(16-20)25-17)24(29)14-13-23-26-21-9-5-6-10-22(21)28(23)19-7-3-2-4-8-19/h2-10,17-18,20,25H,11-16H2,1H3. The number of hydrogen-bond acceptors (Lipinski definition) is 3. The van der Waals surface area contributed by atoms with Gasteiger partial charge in [0.05, 0.1) is 11.0 Å². The van der Waals surface area contributed by atoms with Gasteiger partial charge in [-0.15, -0.1) is 0 Å². The van der Waals surface area contributed by atoms with E-state index < -0.39 is 0 Å². The summed E-state index contributed by atoms with van der Waals surface area (Å²) in [5, 5.41) is 3.66. The summed E-state index contributed by atoms with van der Waals surface area (Å²) in [7, 11) is 1.98. The van der Waals surface area contributed by atoms with Gasteiger partial charge in [0.2, 0.25) is 5.91 Å². The molecule has 5 nitrogen and oxygen atoms in total. The first-order chi connectivity index (χ1) is 14.2. The van der Waals surface area contributed by atoms with Crippen molar-refractivity contribution in [2.75, 3.05) is 7.05 Å². The average molecular weight is 389 g/mol. The first kappa shape index (κ1) is 18.4. The molecule has 1 aromatic heterocycles. The number of nitrogens with one attached hydrogen (secondary N) is 1. The monoisotopic (exact) mass is 388 g/mol. The van der Waals surface area contributed by atoms with Gasteiger partial charge in [-0.1, -0.05) is 30.3 Å². The molecule has 2 saturated heterocycles. The fraction of sp³-hybridized carbons (Fsp3) is 0.417. The third kappa shape index (κ3) is 3.55. The third-order valence-electron chi connectivity index (χ3n) is 6.60. The summed E-state index contributed by atoms with van der Waals surface area (Å²) in [6, 6.07) is 20.0. The van der Waals surface area contributed by atoms with E-state index in [0.29, 0.717) is 31.0 Å². The topological polar surface area (TPSA) is 50.2 Å². The lowest BCUT2D eigenvalue weighted by Crippen LogP contribution is -2.48. The average Bonchev–Trinajstić information content (AvgIpc) is 3.30. The highest BCUT2D eigenvalue weighted by molar-refractivity contribution is 5.79. The number of hydrogen-bond donors (Lipinski definition) is 1. The van der Waals surface area contributed by atoms with Gasteiger partial charge in [0.25, 0.3) is 0 Å². The van der Waals surface area contributed by atoms with Crippen LogP contribution in [0.4, 0.5) is 0 Å². The Bertz CT molecular complexity index is 1000. The minimum atomic E-state index is 0.225. The van der Waals surface area contributed by atoms with Crippen LogP contribution in [-0.4, -0.2) is 45.5 Å². The highest BCUT2D eigenvalue weighted by atomic mass is 16.2. The van der Waals surface area contributed by atoms with Crippen LogP contribution in [0.2, 0.25) is 0 Å². The number of carbonyl (C=O) groups excluding carboxylic acids is 1. The number of aromatic nitrogens is 2. The molecule has 5 heteroatoms. The fourth-order valence-electron chi connectivity index (χ4n) is 5.05. The van der Waals surface area contributed by atoms with Crippen molar-refractivity contribution in [3.63, 3.8) is 0 Å². The first-order valence-electron chi connectivity index (χ1n) is 10.7. The van der Waals surface area contributed by atoms with Crippen molar-refractivity contribution in [1.82, 2.24) is 19.8 Å². The molecule has 0 radical (unpaired) electrons. The van der Waals surface area contributed by atoms with Crippen LogP contribution >= 0.6 is 0 Å². The van der Waals surface area contributed by atoms with Gasteiger partial charge in [0, 0.05) is 43.7 Å². The van der Waals surface area contributed by atoms with E-state index in [2.05, 4.69) is 28.1 Å². The molecule has 2 aliphatic heterocycles. The third-order valence-corrected chi connectivity index (χ3v) is 6.60. The SMILES string of the molecule is CN(C(=O)CCc1nc2ccccc2n1-c1ccccc1)C1CC2CCC(C1)N2. The molecular formula is C24H28N4O. The predicted octanol–water partition coefficient (Wildman–Crippen LogP) is 3.70. The van der Waals surface area contributed by atoms with Gasteiger partial charge < -0.3 is 10.2 Å². The molecule has 2 bridgehead atoms. The summed E-state index contributed by atoms with van der Waals surface area (Å²) in [5.74, 6) is 1.17. The zero-order valence-electron chi connectivity index (χ0n) is 16.9. The van der Waals surface area contributed by atoms with Crippen LogP contribution in [0, 0.1) is 0 Å². The zero-order chi connectivity index (χ0) is 19.8. The van der Waals surface area contributed by atoms with E-state index in [-0.39, 0.29) is 5.91 Å². The van der Waals surface area contributed by atoms with Crippen LogP contribution in [0.15, 0.2) is 54.6 Å². The van der Waals surface area contributed by atoms with Gasteiger partial charge in [0.1, 0.15) is 5.82 Å². The van der Waals surface area contributed by atoms with Crippen molar-refractivity contribution in [1.29, 1.82) is 0 Å². The summed E-state index contributed by atoms with van der Waals surface area (Å²) in [6.07, 6.45) is 5.81. The molecular weight excluding hydrogens is 360 g/mol. The highest BCUT2D eigenvalue weighted by Crippen LogP contribution is 2.30. The van der Waals surface area contributed by atoms with Crippen molar-refractivity contribution < 1.29 is 4.79 Å². The van der Waals surface area contributed by atoms with Crippen LogP contribution in [-0.2, 0) is 11.2 Å². The molecule has 1 N–H and O–H groups in total. The van der Waals surface area contributed by atoms with E-state index in [9.17, 15) is 4.79 Å². The summed E-state index contributed by atoms with van der Waals surface area (Å²) in [5.41, 5.74) is 3.15. The van der Waals surface area contributed by atoms with E-state index in [1.807, 2.05) is 48.3 Å². The quantitative estimate of drug-likeness (QED) is 0.725. The van der Waals surface area contributed by atoms with Crippen LogP contribution < -0.4 is 5.32 Å². The zero-order valence-corrected chi connectivity index (χ0v) is 16.9. The molecule has 5 rings (SSSR count). The molecule has 2 fully saturated rings. The van der Waals surface area contributed by atoms with Crippen LogP contribution in [0.25, 0.3) is 16.7 Å². The van der Waals surface area contributed by atoms with Crippen molar-refractivity contribution in [3.05, 3.63) is 60.4 Å². The molecule has 150 valence electrons. The molecule has 2 aliphatic rings. The first-order valence-corrected chi connectivity index (χ1v) is 10.7. The van der Waals surface area contributed by atoms with E-state index in [4.69, 9.17) is 4.98 Å². The number of carbonyl (C=O) groups is 1. The van der Waals surface area contributed by atoms with Crippen molar-refractivity contribution in [2.45, 2.75) is 56.7 Å². The lowest BCUT2D eigenvalue weighted by Gasteiger charge is -2.35. The number of nitrogens with zero attached hydrogens (tertiary/aromatic N) is 3. The Labute approximate surface area is 171 Å². The molecule has 29 heavy (non-hydrogen) atoms. The Balaban J connectivity index is 1.35. The molecule has 2 unspecified atom stereocenters. The maximum atomic E-state index is 13.0. The maximum Gasteiger partial charge on any atom is 0.223 e. The van der Waals surface area contributed by atoms with Crippen molar-refractivity contribution >= 4 is 16.9 Å². The van der Waals surface area contributed by atoms with Gasteiger partial charge >= 0.3 is 0 Å².